The number of H-pyrrole nitrogens is 2. The summed E-state index contributed by atoms with van der Waals surface area (Å²) >= 11 is 0. The minimum absolute atomic E-state index is 0.0148. The summed E-state index contributed by atoms with van der Waals surface area (Å²) in [5.74, 6) is -0.827. The summed E-state index contributed by atoms with van der Waals surface area (Å²) in [5.41, 5.74) is -0.399. The number of hydrogen-bond donors (Lipinski definition) is 3. The van der Waals surface area contributed by atoms with Crippen LogP contribution in [0.1, 0.15) is 12.5 Å². The molecule has 30 heavy (non-hydrogen) atoms. The van der Waals surface area contributed by atoms with Crippen LogP contribution < -0.4 is 21.7 Å². The van der Waals surface area contributed by atoms with Crippen LogP contribution in [0.2, 0.25) is 0 Å². The molecule has 148 valence electrons. The van der Waals surface area contributed by atoms with Gasteiger partial charge in [0.25, 0.3) is 17.0 Å². The Morgan fingerprint density at radius 3 is 2.50 bits per heavy atom. The number of benzene rings is 2. The lowest BCUT2D eigenvalue weighted by molar-refractivity contribution is -0.112. The Labute approximate surface area is 168 Å². The van der Waals surface area contributed by atoms with Crippen LogP contribution in [0, 0.1) is 0 Å². The van der Waals surface area contributed by atoms with E-state index in [0.717, 1.165) is 0 Å². The van der Waals surface area contributed by atoms with E-state index >= 15 is 0 Å². The van der Waals surface area contributed by atoms with E-state index in [4.69, 9.17) is 0 Å². The van der Waals surface area contributed by atoms with Crippen molar-refractivity contribution in [2.24, 2.45) is 4.99 Å². The number of carbonyl (C=O) groups is 1. The molecule has 0 fully saturated rings. The molecule has 0 unspecified atom stereocenters. The largest absolute Gasteiger partial charge is 0.506 e. The average Bonchev–Trinajstić information content (AvgIpc) is 3.27. The zero-order valence-corrected chi connectivity index (χ0v) is 15.9. The van der Waals surface area contributed by atoms with E-state index in [1.807, 2.05) is 6.92 Å². The molecule has 0 aliphatic carbocycles. The highest BCUT2D eigenvalue weighted by Crippen LogP contribution is 2.34. The Balaban J connectivity index is 1.93. The molecule has 8 heteroatoms. The number of rotatable bonds is 3. The van der Waals surface area contributed by atoms with Gasteiger partial charge in [0.15, 0.2) is 0 Å². The number of nitrogens with zero attached hydrogens (tertiary/aromatic N) is 2. The first-order chi connectivity index (χ1) is 14.5. The second kappa shape index (κ2) is 6.41. The van der Waals surface area contributed by atoms with Crippen LogP contribution in [0.4, 0.5) is 0 Å². The van der Waals surface area contributed by atoms with Gasteiger partial charge in [0, 0.05) is 17.1 Å². The quantitative estimate of drug-likeness (QED) is 0.470. The molecule has 2 aromatic heterocycles. The summed E-state index contributed by atoms with van der Waals surface area (Å²) < 4.78 is 1.51. The summed E-state index contributed by atoms with van der Waals surface area (Å²) in [6, 6.07) is 13.8. The van der Waals surface area contributed by atoms with E-state index in [2.05, 4.69) is 15.2 Å². The number of nitrogens with one attached hydrogen (secondary N) is 2. The van der Waals surface area contributed by atoms with Gasteiger partial charge in [0.05, 0.1) is 27.7 Å². The molecule has 1 amide bonds. The van der Waals surface area contributed by atoms with E-state index in [1.165, 1.54) is 4.57 Å². The predicted octanol–water partition coefficient (Wildman–Crippen LogP) is 0.769. The molecule has 0 bridgehead atoms. The van der Waals surface area contributed by atoms with E-state index in [9.17, 15) is 19.5 Å². The monoisotopic (exact) mass is 400 g/mol. The van der Waals surface area contributed by atoms with E-state index < -0.39 is 17.0 Å². The number of pyridine rings is 1. The maximum Gasteiger partial charge on any atom is 0.279 e. The van der Waals surface area contributed by atoms with Crippen molar-refractivity contribution in [1.82, 2.24) is 14.8 Å². The van der Waals surface area contributed by atoms with Gasteiger partial charge in [-0.3, -0.25) is 24.6 Å². The zero-order chi connectivity index (χ0) is 21.0. The van der Waals surface area contributed by atoms with Crippen LogP contribution in [-0.2, 0) is 11.3 Å². The van der Waals surface area contributed by atoms with E-state index in [0.29, 0.717) is 28.0 Å². The van der Waals surface area contributed by atoms with Crippen molar-refractivity contribution in [2.45, 2.75) is 13.5 Å². The molecule has 3 heterocycles. The van der Waals surface area contributed by atoms with Gasteiger partial charge >= 0.3 is 0 Å². The maximum atomic E-state index is 13.3. The van der Waals surface area contributed by atoms with Crippen LogP contribution in [0.15, 0.2) is 63.1 Å². The molecule has 1 aliphatic heterocycles. The lowest BCUT2D eigenvalue weighted by Crippen LogP contribution is -2.25. The first-order valence-corrected chi connectivity index (χ1v) is 9.41. The molecule has 0 spiro atoms. The van der Waals surface area contributed by atoms with E-state index in [-0.39, 0.29) is 28.1 Å². The number of aromatic amines is 2. The van der Waals surface area contributed by atoms with Gasteiger partial charge in [-0.05, 0) is 25.1 Å². The second-order valence-corrected chi connectivity index (χ2v) is 6.93. The molecule has 8 nitrogen and oxygen atoms in total. The fourth-order valence-corrected chi connectivity index (χ4v) is 4.02. The lowest BCUT2D eigenvalue weighted by Gasteiger charge is -2.13. The maximum absolute atomic E-state index is 13.3. The lowest BCUT2D eigenvalue weighted by atomic mass is 9.98. The average molecular weight is 400 g/mol. The Kier molecular flexibility index (Phi) is 3.82. The summed E-state index contributed by atoms with van der Waals surface area (Å²) in [4.78, 5) is 42.7. The molecular weight excluding hydrogens is 384 g/mol. The summed E-state index contributed by atoms with van der Waals surface area (Å²) in [5, 5.41) is 17.5. The first-order valence-electron chi connectivity index (χ1n) is 9.41. The first kappa shape index (κ1) is 17.9. The van der Waals surface area contributed by atoms with Crippen LogP contribution >= 0.6 is 0 Å². The van der Waals surface area contributed by atoms with Gasteiger partial charge in [-0.25, -0.2) is 4.99 Å². The molecule has 5 rings (SSSR count). The van der Waals surface area contributed by atoms with Crippen LogP contribution in [0.25, 0.3) is 27.7 Å². The van der Waals surface area contributed by atoms with Crippen LogP contribution in [0.5, 0.6) is 5.75 Å². The Hall–Kier alpha value is -4.20. The molecule has 4 aromatic rings. The SMILES string of the molecule is CCn1c(=O)c(-c2[nH][nH]c(=O)c2C2=c3ccccc3=NC2=O)c(O)c2ccccc21. The highest BCUT2D eigenvalue weighted by Gasteiger charge is 2.29. The topological polar surface area (TPSA) is 120 Å². The number of carbonyl (C=O) groups excluding carboxylic acids is 1. The Bertz CT molecular complexity index is 1600. The van der Waals surface area contributed by atoms with Crippen molar-refractivity contribution in [3.8, 4) is 17.0 Å². The summed E-state index contributed by atoms with van der Waals surface area (Å²) in [6.45, 7) is 2.18. The van der Waals surface area contributed by atoms with Gasteiger partial charge in [0.2, 0.25) is 0 Å². The number of amides is 1. The molecular formula is C22H16N4O4. The van der Waals surface area contributed by atoms with Gasteiger partial charge in [0.1, 0.15) is 11.3 Å². The molecule has 2 aromatic carbocycles. The van der Waals surface area contributed by atoms with E-state index in [1.54, 1.807) is 48.5 Å². The summed E-state index contributed by atoms with van der Waals surface area (Å²) in [7, 11) is 0. The third-order valence-corrected chi connectivity index (χ3v) is 5.35. The van der Waals surface area contributed by atoms with Crippen LogP contribution in [-0.4, -0.2) is 25.8 Å². The Morgan fingerprint density at radius 1 is 0.967 bits per heavy atom. The Morgan fingerprint density at radius 2 is 1.70 bits per heavy atom. The fourth-order valence-electron chi connectivity index (χ4n) is 4.02. The minimum Gasteiger partial charge on any atom is -0.506 e. The van der Waals surface area contributed by atoms with Gasteiger partial charge in [-0.1, -0.05) is 30.3 Å². The molecule has 0 saturated carbocycles. The molecule has 3 N–H and O–H groups in total. The number of fused-ring (bicyclic) bond motifs is 2. The number of aromatic nitrogens is 3. The van der Waals surface area contributed by atoms with Crippen LogP contribution in [0.3, 0.4) is 0 Å². The molecule has 0 atom stereocenters. The second-order valence-electron chi connectivity index (χ2n) is 6.93. The number of aryl methyl sites for hydroxylation is 1. The zero-order valence-electron chi connectivity index (χ0n) is 15.9. The normalized spacial score (nSPS) is 13.0. The van der Waals surface area contributed by atoms with Gasteiger partial charge < -0.3 is 9.67 Å². The van der Waals surface area contributed by atoms with Crippen molar-refractivity contribution in [1.29, 1.82) is 0 Å². The number of aromatic hydroxyl groups is 1. The van der Waals surface area contributed by atoms with Crippen molar-refractivity contribution >= 4 is 22.4 Å². The van der Waals surface area contributed by atoms with Crippen molar-refractivity contribution in [2.75, 3.05) is 0 Å². The minimum atomic E-state index is -0.574. The van der Waals surface area contributed by atoms with Crippen molar-refractivity contribution in [3.05, 3.63) is 85.4 Å². The highest BCUT2D eigenvalue weighted by atomic mass is 16.3. The smallest absolute Gasteiger partial charge is 0.279 e. The summed E-state index contributed by atoms with van der Waals surface area (Å²) in [6.07, 6.45) is 0. The fraction of sp³-hybridized carbons (Fsp3) is 0.0909. The van der Waals surface area contributed by atoms with Gasteiger partial charge in [-0.15, -0.1) is 0 Å². The third kappa shape index (κ3) is 2.33. The third-order valence-electron chi connectivity index (χ3n) is 5.35. The number of hydrogen-bond acceptors (Lipinski definition) is 4. The molecule has 0 saturated heterocycles. The predicted molar refractivity (Wildman–Crippen MR) is 111 cm³/mol. The molecule has 0 radical (unpaired) electrons. The highest BCUT2D eigenvalue weighted by molar-refractivity contribution is 6.22. The number of para-hydroxylation sites is 2. The van der Waals surface area contributed by atoms with Gasteiger partial charge in [-0.2, -0.15) is 0 Å². The molecule has 1 aliphatic rings. The van der Waals surface area contributed by atoms with Crippen molar-refractivity contribution in [3.63, 3.8) is 0 Å². The van der Waals surface area contributed by atoms with Crippen molar-refractivity contribution < 1.29 is 9.90 Å². The standard InChI is InChI=1S/C22H16N4O4/c1-2-26-14-10-6-4-8-12(14)19(27)17(22(26)30)18-16(21(29)25-24-18)15-11-7-3-5-9-13(11)23-20(15)28/h3-10,27H,2H2,1H3,(H2,24,25,29).